The van der Waals surface area contributed by atoms with Gasteiger partial charge in [0.1, 0.15) is 0 Å². The molecule has 2 rings (SSSR count). The van der Waals surface area contributed by atoms with E-state index in [2.05, 4.69) is 31.0 Å². The maximum absolute atomic E-state index is 3.77. The molecule has 0 amide bonds. The molecule has 0 bridgehead atoms. The van der Waals surface area contributed by atoms with Crippen molar-refractivity contribution in [2.24, 2.45) is 11.3 Å². The number of nitrogens with one attached hydrogen (secondary N) is 1. The van der Waals surface area contributed by atoms with E-state index in [0.717, 1.165) is 12.0 Å². The van der Waals surface area contributed by atoms with Gasteiger partial charge in [0.15, 0.2) is 0 Å². The fraction of sp³-hybridized carbons (Fsp3) is 1.00. The summed E-state index contributed by atoms with van der Waals surface area (Å²) in [6.45, 7) is 12.4. The number of likely N-dealkylation sites (tertiary alicyclic amines) is 1. The fourth-order valence-corrected chi connectivity index (χ4v) is 3.94. The summed E-state index contributed by atoms with van der Waals surface area (Å²) in [5.74, 6) is 0.930. The highest BCUT2D eigenvalue weighted by atomic mass is 15.1. The van der Waals surface area contributed by atoms with Crippen LogP contribution in [0.4, 0.5) is 0 Å². The molecule has 1 N–H and O–H groups in total. The molecule has 0 spiro atoms. The molecule has 2 heteroatoms. The highest BCUT2D eigenvalue weighted by Crippen LogP contribution is 2.34. The van der Waals surface area contributed by atoms with Crippen LogP contribution < -0.4 is 5.32 Å². The second-order valence-electron chi connectivity index (χ2n) is 8.12. The van der Waals surface area contributed by atoms with E-state index in [1.54, 1.807) is 0 Å². The SMILES string of the molecule is CC(C)(C)C1CCN(CCCNC2CCCCC2)CC1. The lowest BCUT2D eigenvalue weighted by atomic mass is 9.75. The zero-order chi connectivity index (χ0) is 14.4. The molecule has 1 aliphatic heterocycles. The standard InChI is InChI=1S/C18H36N2/c1-18(2,3)16-10-14-20(15-11-16)13-7-12-19-17-8-5-4-6-9-17/h16-17,19H,4-15H2,1-3H3. The van der Waals surface area contributed by atoms with E-state index in [9.17, 15) is 0 Å². The van der Waals surface area contributed by atoms with Crippen molar-refractivity contribution < 1.29 is 0 Å². The van der Waals surface area contributed by atoms with E-state index in [1.165, 1.54) is 77.5 Å². The molecule has 0 aromatic rings. The molecule has 0 aromatic carbocycles. The summed E-state index contributed by atoms with van der Waals surface area (Å²) in [6.07, 6.45) is 11.3. The van der Waals surface area contributed by atoms with Gasteiger partial charge in [0, 0.05) is 6.04 Å². The van der Waals surface area contributed by atoms with E-state index >= 15 is 0 Å². The first-order valence-corrected chi connectivity index (χ1v) is 9.01. The zero-order valence-corrected chi connectivity index (χ0v) is 14.1. The normalized spacial score (nSPS) is 24.1. The van der Waals surface area contributed by atoms with Crippen LogP contribution >= 0.6 is 0 Å². The minimum atomic E-state index is 0.509. The van der Waals surface area contributed by atoms with Gasteiger partial charge < -0.3 is 10.2 Å². The summed E-state index contributed by atoms with van der Waals surface area (Å²) < 4.78 is 0. The monoisotopic (exact) mass is 280 g/mol. The number of nitrogens with zero attached hydrogens (tertiary/aromatic N) is 1. The molecule has 0 radical (unpaired) electrons. The van der Waals surface area contributed by atoms with Gasteiger partial charge in [-0.3, -0.25) is 0 Å². The predicted molar refractivity (Wildman–Crippen MR) is 88.1 cm³/mol. The molecule has 0 aromatic heterocycles. The number of piperidine rings is 1. The van der Waals surface area contributed by atoms with Crippen LogP contribution in [0.3, 0.4) is 0 Å². The van der Waals surface area contributed by atoms with Crippen LogP contribution in [0.2, 0.25) is 0 Å². The van der Waals surface area contributed by atoms with Crippen molar-refractivity contribution in [3.05, 3.63) is 0 Å². The van der Waals surface area contributed by atoms with Crippen molar-refractivity contribution in [1.82, 2.24) is 10.2 Å². The molecular formula is C18H36N2. The first-order chi connectivity index (χ1) is 9.55. The average Bonchev–Trinajstić information content (AvgIpc) is 2.44. The second-order valence-corrected chi connectivity index (χ2v) is 8.12. The smallest absolute Gasteiger partial charge is 0.00670 e. The summed E-state index contributed by atoms with van der Waals surface area (Å²) in [4.78, 5) is 2.69. The Labute approximate surface area is 126 Å². The van der Waals surface area contributed by atoms with Crippen molar-refractivity contribution >= 4 is 0 Å². The van der Waals surface area contributed by atoms with Crippen molar-refractivity contribution in [3.63, 3.8) is 0 Å². The van der Waals surface area contributed by atoms with Crippen molar-refractivity contribution in [2.45, 2.75) is 78.2 Å². The molecule has 20 heavy (non-hydrogen) atoms. The van der Waals surface area contributed by atoms with Crippen LogP contribution in [0.25, 0.3) is 0 Å². The van der Waals surface area contributed by atoms with Gasteiger partial charge in [-0.1, -0.05) is 40.0 Å². The molecule has 1 aliphatic carbocycles. The van der Waals surface area contributed by atoms with E-state index in [0.29, 0.717) is 5.41 Å². The van der Waals surface area contributed by atoms with Gasteiger partial charge in [-0.15, -0.1) is 0 Å². The third-order valence-corrected chi connectivity index (χ3v) is 5.50. The fourth-order valence-electron chi connectivity index (χ4n) is 3.94. The van der Waals surface area contributed by atoms with Gasteiger partial charge >= 0.3 is 0 Å². The van der Waals surface area contributed by atoms with Gasteiger partial charge in [-0.05, 0) is 69.6 Å². The summed E-state index contributed by atoms with van der Waals surface area (Å²) in [6, 6.07) is 0.829. The first-order valence-electron chi connectivity index (χ1n) is 9.01. The van der Waals surface area contributed by atoms with E-state index in [4.69, 9.17) is 0 Å². The first kappa shape index (κ1) is 16.3. The molecule has 1 saturated carbocycles. The summed E-state index contributed by atoms with van der Waals surface area (Å²) in [5, 5.41) is 3.77. The van der Waals surface area contributed by atoms with Crippen LogP contribution in [0.15, 0.2) is 0 Å². The lowest BCUT2D eigenvalue weighted by Gasteiger charge is -2.38. The van der Waals surface area contributed by atoms with Crippen LogP contribution in [0, 0.1) is 11.3 Å². The van der Waals surface area contributed by atoms with Crippen molar-refractivity contribution in [3.8, 4) is 0 Å². The van der Waals surface area contributed by atoms with Crippen LogP contribution in [-0.2, 0) is 0 Å². The van der Waals surface area contributed by atoms with Gasteiger partial charge in [0.05, 0.1) is 0 Å². The van der Waals surface area contributed by atoms with Gasteiger partial charge in [-0.25, -0.2) is 0 Å². The largest absolute Gasteiger partial charge is 0.314 e. The molecular weight excluding hydrogens is 244 g/mol. The van der Waals surface area contributed by atoms with E-state index < -0.39 is 0 Å². The Morgan fingerprint density at radius 3 is 2.20 bits per heavy atom. The lowest BCUT2D eigenvalue weighted by molar-refractivity contribution is 0.111. The van der Waals surface area contributed by atoms with Gasteiger partial charge in [0.2, 0.25) is 0 Å². The third-order valence-electron chi connectivity index (χ3n) is 5.50. The maximum Gasteiger partial charge on any atom is 0.00670 e. The molecule has 1 saturated heterocycles. The Morgan fingerprint density at radius 1 is 0.950 bits per heavy atom. The van der Waals surface area contributed by atoms with Crippen LogP contribution in [0.5, 0.6) is 0 Å². The quantitative estimate of drug-likeness (QED) is 0.764. The van der Waals surface area contributed by atoms with Gasteiger partial charge in [-0.2, -0.15) is 0 Å². The molecule has 0 unspecified atom stereocenters. The third kappa shape index (κ3) is 5.37. The Balaban J connectivity index is 1.53. The molecule has 118 valence electrons. The molecule has 1 heterocycles. The van der Waals surface area contributed by atoms with Crippen molar-refractivity contribution in [1.29, 1.82) is 0 Å². The molecule has 2 fully saturated rings. The molecule has 2 nitrogen and oxygen atoms in total. The summed E-state index contributed by atoms with van der Waals surface area (Å²) in [7, 11) is 0. The number of hydrogen-bond donors (Lipinski definition) is 1. The number of hydrogen-bond acceptors (Lipinski definition) is 2. The maximum atomic E-state index is 3.77. The Hall–Kier alpha value is -0.0800. The summed E-state index contributed by atoms with van der Waals surface area (Å²) in [5.41, 5.74) is 0.509. The summed E-state index contributed by atoms with van der Waals surface area (Å²) >= 11 is 0. The number of rotatable bonds is 5. The Bertz CT molecular complexity index is 255. The highest BCUT2D eigenvalue weighted by molar-refractivity contribution is 4.80. The second kappa shape index (κ2) is 7.79. The van der Waals surface area contributed by atoms with E-state index in [1.807, 2.05) is 0 Å². The molecule has 2 aliphatic rings. The zero-order valence-electron chi connectivity index (χ0n) is 14.1. The Kier molecular flexibility index (Phi) is 6.35. The minimum Gasteiger partial charge on any atom is -0.314 e. The average molecular weight is 280 g/mol. The van der Waals surface area contributed by atoms with Crippen molar-refractivity contribution in [2.75, 3.05) is 26.2 Å². The van der Waals surface area contributed by atoms with Gasteiger partial charge in [0.25, 0.3) is 0 Å². The molecule has 0 atom stereocenters. The highest BCUT2D eigenvalue weighted by Gasteiger charge is 2.28. The topological polar surface area (TPSA) is 15.3 Å². The predicted octanol–water partition coefficient (Wildman–Crippen LogP) is 4.06. The lowest BCUT2D eigenvalue weighted by Crippen LogP contribution is -2.39. The van der Waals surface area contributed by atoms with Crippen LogP contribution in [-0.4, -0.2) is 37.1 Å². The minimum absolute atomic E-state index is 0.509. The van der Waals surface area contributed by atoms with Crippen LogP contribution in [0.1, 0.15) is 72.1 Å². The Morgan fingerprint density at radius 2 is 1.60 bits per heavy atom. The van der Waals surface area contributed by atoms with E-state index in [-0.39, 0.29) is 0 Å².